The van der Waals surface area contributed by atoms with Crippen LogP contribution in [0.1, 0.15) is 34.1 Å². The maximum absolute atomic E-state index is 12.1. The van der Waals surface area contributed by atoms with E-state index in [-0.39, 0.29) is 17.2 Å². The second kappa shape index (κ2) is 5.20. The molecule has 0 spiro atoms. The summed E-state index contributed by atoms with van der Waals surface area (Å²) in [4.78, 5) is 14.0. The molecule has 1 saturated heterocycles. The Bertz CT molecular complexity index is 230. The Morgan fingerprint density at radius 3 is 2.47 bits per heavy atom. The van der Waals surface area contributed by atoms with Gasteiger partial charge in [-0.2, -0.15) is 0 Å². The fourth-order valence-corrected chi connectivity index (χ4v) is 2.09. The van der Waals surface area contributed by atoms with E-state index in [1.54, 1.807) is 0 Å². The van der Waals surface area contributed by atoms with E-state index in [4.69, 9.17) is 11.6 Å². The third-order valence-corrected chi connectivity index (χ3v) is 4.14. The van der Waals surface area contributed by atoms with Gasteiger partial charge in [0.2, 0.25) is 5.91 Å². The smallest absolute Gasteiger partial charge is 0.225 e. The lowest BCUT2D eigenvalue weighted by Gasteiger charge is -2.36. The Morgan fingerprint density at radius 2 is 2.00 bits per heavy atom. The number of likely N-dealkylation sites (tertiary alicyclic amines) is 1. The van der Waals surface area contributed by atoms with E-state index >= 15 is 0 Å². The number of nitrogens with zero attached hydrogens (tertiary/aromatic N) is 1. The molecule has 1 heterocycles. The molecule has 3 unspecified atom stereocenters. The Balaban J connectivity index is 2.54. The highest BCUT2D eigenvalue weighted by Gasteiger charge is 2.30. The predicted octanol–water partition coefficient (Wildman–Crippen LogP) is 2.75. The van der Waals surface area contributed by atoms with Crippen LogP contribution in [0, 0.1) is 17.8 Å². The summed E-state index contributed by atoms with van der Waals surface area (Å²) in [7, 11) is 0. The van der Waals surface area contributed by atoms with E-state index in [9.17, 15) is 4.79 Å². The van der Waals surface area contributed by atoms with Gasteiger partial charge >= 0.3 is 0 Å². The summed E-state index contributed by atoms with van der Waals surface area (Å²) in [5.41, 5.74) is 0. The number of hydrogen-bond donors (Lipinski definition) is 0. The van der Waals surface area contributed by atoms with Crippen LogP contribution >= 0.6 is 11.6 Å². The number of rotatable bonds is 2. The minimum atomic E-state index is 0.113. The minimum Gasteiger partial charge on any atom is -0.341 e. The molecule has 0 N–H and O–H groups in total. The van der Waals surface area contributed by atoms with Crippen LogP contribution in [-0.2, 0) is 4.79 Å². The number of halogens is 1. The molecule has 2 nitrogen and oxygen atoms in total. The molecule has 88 valence electrons. The fourth-order valence-electron chi connectivity index (χ4n) is 1.80. The SMILES string of the molecule is CC(C)C(C)C(=O)N1CCC(C)C(Cl)C1. The van der Waals surface area contributed by atoms with Crippen molar-refractivity contribution < 1.29 is 4.79 Å². The van der Waals surface area contributed by atoms with E-state index in [0.29, 0.717) is 11.8 Å². The van der Waals surface area contributed by atoms with Gasteiger partial charge in [0.05, 0.1) is 5.38 Å². The Labute approximate surface area is 98.0 Å². The minimum absolute atomic E-state index is 0.113. The zero-order chi connectivity index (χ0) is 11.6. The van der Waals surface area contributed by atoms with Crippen LogP contribution in [0.5, 0.6) is 0 Å². The summed E-state index contributed by atoms with van der Waals surface area (Å²) in [6, 6.07) is 0. The summed E-state index contributed by atoms with van der Waals surface area (Å²) in [5, 5.41) is 0.127. The van der Waals surface area contributed by atoms with Crippen molar-refractivity contribution in [1.29, 1.82) is 0 Å². The van der Waals surface area contributed by atoms with Crippen LogP contribution in [-0.4, -0.2) is 29.3 Å². The third-order valence-electron chi connectivity index (χ3n) is 3.57. The van der Waals surface area contributed by atoms with E-state index in [1.807, 2.05) is 11.8 Å². The molecule has 15 heavy (non-hydrogen) atoms. The molecule has 3 heteroatoms. The van der Waals surface area contributed by atoms with Gasteiger partial charge in [0.1, 0.15) is 0 Å². The normalized spacial score (nSPS) is 29.3. The number of carbonyl (C=O) groups excluding carboxylic acids is 1. The Morgan fingerprint density at radius 1 is 1.40 bits per heavy atom. The molecule has 1 amide bonds. The van der Waals surface area contributed by atoms with Crippen molar-refractivity contribution in [3.8, 4) is 0 Å². The van der Waals surface area contributed by atoms with Crippen LogP contribution in [0.15, 0.2) is 0 Å². The molecule has 1 aliphatic heterocycles. The molecule has 1 rings (SSSR count). The average molecular weight is 232 g/mol. The lowest BCUT2D eigenvalue weighted by atomic mass is 9.93. The largest absolute Gasteiger partial charge is 0.341 e. The predicted molar refractivity (Wildman–Crippen MR) is 64.0 cm³/mol. The highest BCUT2D eigenvalue weighted by atomic mass is 35.5. The number of hydrogen-bond acceptors (Lipinski definition) is 1. The molecule has 1 fully saturated rings. The maximum Gasteiger partial charge on any atom is 0.225 e. The van der Waals surface area contributed by atoms with Crippen molar-refractivity contribution in [3.05, 3.63) is 0 Å². The van der Waals surface area contributed by atoms with Crippen molar-refractivity contribution in [1.82, 2.24) is 4.90 Å². The summed E-state index contributed by atoms with van der Waals surface area (Å²) in [5.74, 6) is 1.32. The molecule has 0 bridgehead atoms. The van der Waals surface area contributed by atoms with E-state index in [0.717, 1.165) is 19.5 Å². The number of piperidine rings is 1. The van der Waals surface area contributed by atoms with Crippen molar-refractivity contribution in [2.75, 3.05) is 13.1 Å². The topological polar surface area (TPSA) is 20.3 Å². The summed E-state index contributed by atoms with van der Waals surface area (Å²) >= 11 is 6.20. The maximum atomic E-state index is 12.1. The third kappa shape index (κ3) is 3.10. The summed E-state index contributed by atoms with van der Waals surface area (Å²) < 4.78 is 0. The van der Waals surface area contributed by atoms with E-state index in [2.05, 4.69) is 20.8 Å². The highest BCUT2D eigenvalue weighted by molar-refractivity contribution is 6.21. The molecule has 0 aromatic rings. The summed E-state index contributed by atoms with van der Waals surface area (Å²) in [6.45, 7) is 9.94. The molecular formula is C12H22ClNO. The standard InChI is InChI=1S/C12H22ClNO/c1-8(2)10(4)12(15)14-6-5-9(3)11(13)7-14/h8-11H,5-7H2,1-4H3. The number of amides is 1. The van der Waals surface area contributed by atoms with Crippen molar-refractivity contribution >= 4 is 17.5 Å². The molecule has 0 saturated carbocycles. The van der Waals surface area contributed by atoms with Gasteiger partial charge in [0, 0.05) is 19.0 Å². The van der Waals surface area contributed by atoms with Gasteiger partial charge in [0.15, 0.2) is 0 Å². The first kappa shape index (κ1) is 12.8. The van der Waals surface area contributed by atoms with Crippen LogP contribution in [0.2, 0.25) is 0 Å². The second-order valence-electron chi connectivity index (χ2n) is 5.10. The molecule has 0 radical (unpaired) electrons. The van der Waals surface area contributed by atoms with Gasteiger partial charge < -0.3 is 4.90 Å². The molecule has 0 aliphatic carbocycles. The molecular weight excluding hydrogens is 210 g/mol. The number of alkyl halides is 1. The molecule has 0 aromatic heterocycles. The zero-order valence-electron chi connectivity index (χ0n) is 10.2. The Hall–Kier alpha value is -0.240. The van der Waals surface area contributed by atoms with Crippen molar-refractivity contribution in [2.24, 2.45) is 17.8 Å². The van der Waals surface area contributed by atoms with E-state index in [1.165, 1.54) is 0 Å². The van der Waals surface area contributed by atoms with Gasteiger partial charge in [-0.15, -0.1) is 11.6 Å². The highest BCUT2D eigenvalue weighted by Crippen LogP contribution is 2.24. The van der Waals surface area contributed by atoms with Crippen molar-refractivity contribution in [3.63, 3.8) is 0 Å². The van der Waals surface area contributed by atoms with Gasteiger partial charge in [0.25, 0.3) is 0 Å². The van der Waals surface area contributed by atoms with Crippen LogP contribution in [0.25, 0.3) is 0 Å². The van der Waals surface area contributed by atoms with Gasteiger partial charge in [-0.1, -0.05) is 27.7 Å². The van der Waals surface area contributed by atoms with Gasteiger partial charge in [-0.05, 0) is 18.3 Å². The lowest BCUT2D eigenvalue weighted by molar-refractivity contribution is -0.137. The van der Waals surface area contributed by atoms with Gasteiger partial charge in [-0.3, -0.25) is 4.79 Å². The fraction of sp³-hybridized carbons (Fsp3) is 0.917. The van der Waals surface area contributed by atoms with Crippen molar-refractivity contribution in [2.45, 2.75) is 39.5 Å². The average Bonchev–Trinajstić information content (AvgIpc) is 2.19. The number of carbonyl (C=O) groups is 1. The molecule has 1 aliphatic rings. The second-order valence-corrected chi connectivity index (χ2v) is 5.66. The first-order valence-corrected chi connectivity index (χ1v) is 6.30. The van der Waals surface area contributed by atoms with Crippen LogP contribution in [0.4, 0.5) is 0 Å². The van der Waals surface area contributed by atoms with Crippen LogP contribution in [0.3, 0.4) is 0 Å². The molecule has 3 atom stereocenters. The monoisotopic (exact) mass is 231 g/mol. The van der Waals surface area contributed by atoms with E-state index < -0.39 is 0 Å². The lowest BCUT2D eigenvalue weighted by Crippen LogP contribution is -2.46. The summed E-state index contributed by atoms with van der Waals surface area (Å²) in [6.07, 6.45) is 1.03. The first-order chi connectivity index (χ1) is 6.93. The first-order valence-electron chi connectivity index (χ1n) is 5.86. The van der Waals surface area contributed by atoms with Crippen LogP contribution < -0.4 is 0 Å². The molecule has 0 aromatic carbocycles. The quantitative estimate of drug-likeness (QED) is 0.670. The zero-order valence-corrected chi connectivity index (χ0v) is 10.9. The van der Waals surface area contributed by atoms with Gasteiger partial charge in [-0.25, -0.2) is 0 Å². The Kier molecular flexibility index (Phi) is 4.45.